The Kier molecular flexibility index (Phi) is 5.03. The van der Waals surface area contributed by atoms with Gasteiger partial charge in [-0.1, -0.05) is 5.16 Å². The van der Waals surface area contributed by atoms with E-state index in [1.807, 2.05) is 0 Å². The summed E-state index contributed by atoms with van der Waals surface area (Å²) in [6, 6.07) is 0. The SMILES string of the molecule is CO/N=C(\C([NH])=O)c1csc(NC(=O)OC(C)(C)C)n1. The smallest absolute Gasteiger partial charge is 0.413 e. The van der Waals surface area contributed by atoms with E-state index < -0.39 is 17.6 Å². The third kappa shape index (κ3) is 4.84. The lowest BCUT2D eigenvalue weighted by molar-refractivity contribution is -0.112. The predicted octanol–water partition coefficient (Wildman–Crippen LogP) is 1.65. The van der Waals surface area contributed by atoms with Gasteiger partial charge in [-0.15, -0.1) is 11.3 Å². The molecule has 0 aliphatic rings. The Morgan fingerprint density at radius 2 is 2.10 bits per heavy atom. The second-order valence-corrected chi connectivity index (χ2v) is 5.47. The van der Waals surface area contributed by atoms with Gasteiger partial charge in [0.25, 0.3) is 5.91 Å². The molecule has 1 aromatic heterocycles. The van der Waals surface area contributed by atoms with Gasteiger partial charge in [0.2, 0.25) is 0 Å². The van der Waals surface area contributed by atoms with Crippen LogP contribution in [0.25, 0.3) is 0 Å². The maximum absolute atomic E-state index is 11.5. The van der Waals surface area contributed by atoms with Gasteiger partial charge in [-0.05, 0) is 20.8 Å². The van der Waals surface area contributed by atoms with Gasteiger partial charge in [-0.2, -0.15) is 0 Å². The summed E-state index contributed by atoms with van der Waals surface area (Å²) in [4.78, 5) is 31.1. The van der Waals surface area contributed by atoms with E-state index in [1.165, 1.54) is 12.5 Å². The fourth-order valence-corrected chi connectivity index (χ4v) is 1.81. The fraction of sp³-hybridized carbons (Fsp3) is 0.455. The van der Waals surface area contributed by atoms with Crippen molar-refractivity contribution in [3.05, 3.63) is 11.1 Å². The van der Waals surface area contributed by atoms with Crippen molar-refractivity contribution in [3.63, 3.8) is 0 Å². The zero-order valence-corrected chi connectivity index (χ0v) is 12.3. The summed E-state index contributed by atoms with van der Waals surface area (Å²) in [5.41, 5.74) is 6.35. The van der Waals surface area contributed by atoms with Gasteiger partial charge >= 0.3 is 6.09 Å². The van der Waals surface area contributed by atoms with E-state index in [2.05, 4.69) is 20.3 Å². The number of rotatable bonds is 4. The molecule has 0 fully saturated rings. The monoisotopic (exact) mass is 299 g/mol. The van der Waals surface area contributed by atoms with E-state index in [9.17, 15) is 9.59 Å². The molecule has 8 nitrogen and oxygen atoms in total. The molecule has 2 amide bonds. The van der Waals surface area contributed by atoms with Crippen LogP contribution in [-0.4, -0.2) is 35.4 Å². The number of thiazole rings is 1. The number of carbonyl (C=O) groups is 2. The average Bonchev–Trinajstić information content (AvgIpc) is 2.70. The van der Waals surface area contributed by atoms with Gasteiger partial charge in [-0.3, -0.25) is 15.8 Å². The van der Waals surface area contributed by atoms with Crippen molar-refractivity contribution in [2.75, 3.05) is 12.4 Å². The minimum atomic E-state index is -1.03. The van der Waals surface area contributed by atoms with Gasteiger partial charge < -0.3 is 9.57 Å². The molecule has 2 N–H and O–H groups in total. The van der Waals surface area contributed by atoms with Crippen molar-refractivity contribution in [2.45, 2.75) is 26.4 Å². The minimum Gasteiger partial charge on any atom is -0.444 e. The van der Waals surface area contributed by atoms with Crippen molar-refractivity contribution < 1.29 is 19.2 Å². The quantitative estimate of drug-likeness (QED) is 0.670. The second kappa shape index (κ2) is 6.33. The van der Waals surface area contributed by atoms with Crippen LogP contribution in [0.1, 0.15) is 26.5 Å². The van der Waals surface area contributed by atoms with Crippen LogP contribution in [0.15, 0.2) is 10.5 Å². The molecular formula is C11H15N4O4S. The van der Waals surface area contributed by atoms with E-state index in [0.717, 1.165) is 11.3 Å². The van der Waals surface area contributed by atoms with E-state index in [-0.39, 0.29) is 16.5 Å². The van der Waals surface area contributed by atoms with Crippen LogP contribution in [0.2, 0.25) is 0 Å². The highest BCUT2D eigenvalue weighted by atomic mass is 32.1. The maximum atomic E-state index is 11.5. The molecule has 0 saturated heterocycles. The summed E-state index contributed by atoms with van der Waals surface area (Å²) in [7, 11) is 1.26. The van der Waals surface area contributed by atoms with Gasteiger partial charge in [-0.25, -0.2) is 9.78 Å². The Morgan fingerprint density at radius 3 is 2.60 bits per heavy atom. The number of hydrogen-bond acceptors (Lipinski definition) is 7. The first-order valence-electron chi connectivity index (χ1n) is 5.56. The summed E-state index contributed by atoms with van der Waals surface area (Å²) >= 11 is 1.08. The molecule has 0 bridgehead atoms. The van der Waals surface area contributed by atoms with Crippen LogP contribution in [0.5, 0.6) is 0 Å². The second-order valence-electron chi connectivity index (χ2n) is 4.62. The lowest BCUT2D eigenvalue weighted by Gasteiger charge is -2.18. The van der Waals surface area contributed by atoms with E-state index in [1.54, 1.807) is 20.8 Å². The summed E-state index contributed by atoms with van der Waals surface area (Å²) < 4.78 is 5.06. The average molecular weight is 299 g/mol. The van der Waals surface area contributed by atoms with Crippen LogP contribution in [-0.2, 0) is 14.4 Å². The molecule has 0 saturated carbocycles. The molecule has 1 aromatic rings. The molecule has 9 heteroatoms. The Bertz CT molecular complexity index is 533. The highest BCUT2D eigenvalue weighted by Gasteiger charge is 2.19. The van der Waals surface area contributed by atoms with Gasteiger partial charge in [0, 0.05) is 5.38 Å². The third-order valence-corrected chi connectivity index (χ3v) is 2.51. The fourth-order valence-electron chi connectivity index (χ4n) is 1.13. The molecule has 0 aliphatic heterocycles. The number of aromatic nitrogens is 1. The Labute approximate surface area is 120 Å². The normalized spacial score (nSPS) is 11.9. The van der Waals surface area contributed by atoms with Crippen LogP contribution >= 0.6 is 11.3 Å². The number of amides is 2. The Balaban J connectivity index is 2.80. The van der Waals surface area contributed by atoms with Crippen LogP contribution in [0, 0.1) is 0 Å². The number of oxime groups is 1. The Hall–Kier alpha value is -2.16. The predicted molar refractivity (Wildman–Crippen MR) is 73.6 cm³/mol. The summed E-state index contributed by atoms with van der Waals surface area (Å²) in [5.74, 6) is -1.03. The number of nitrogens with zero attached hydrogens (tertiary/aromatic N) is 2. The number of nitrogens with one attached hydrogen (secondary N) is 2. The third-order valence-electron chi connectivity index (χ3n) is 1.75. The molecule has 1 radical (unpaired) electrons. The largest absolute Gasteiger partial charge is 0.444 e. The van der Waals surface area contributed by atoms with Crippen molar-refractivity contribution >= 4 is 34.2 Å². The van der Waals surface area contributed by atoms with Gasteiger partial charge in [0.15, 0.2) is 10.8 Å². The van der Waals surface area contributed by atoms with Crippen LogP contribution in [0.4, 0.5) is 9.93 Å². The molecular weight excluding hydrogens is 284 g/mol. The molecule has 0 spiro atoms. The van der Waals surface area contributed by atoms with Gasteiger partial charge in [0.1, 0.15) is 18.4 Å². The molecule has 0 aliphatic carbocycles. The molecule has 0 aromatic carbocycles. The maximum Gasteiger partial charge on any atom is 0.413 e. The highest BCUT2D eigenvalue weighted by molar-refractivity contribution is 7.14. The van der Waals surface area contributed by atoms with E-state index in [4.69, 9.17) is 10.5 Å². The van der Waals surface area contributed by atoms with E-state index >= 15 is 0 Å². The number of carbonyl (C=O) groups excluding carboxylic acids is 2. The standard InChI is InChI=1S/C11H15N4O4S/c1-11(2,3)19-10(17)14-9-13-6(5-20-9)7(8(12)16)15-18-4/h5,12H,1-4H3,(H,13,14,17)/b15-7-. The van der Waals surface area contributed by atoms with Gasteiger partial charge in [0.05, 0.1) is 0 Å². The zero-order valence-electron chi connectivity index (χ0n) is 11.5. The first-order chi connectivity index (χ1) is 9.23. The molecule has 109 valence electrons. The van der Waals surface area contributed by atoms with Crippen molar-refractivity contribution in [3.8, 4) is 0 Å². The number of ether oxygens (including phenoxy) is 1. The van der Waals surface area contributed by atoms with Crippen molar-refractivity contribution in [2.24, 2.45) is 5.16 Å². The summed E-state index contributed by atoms with van der Waals surface area (Å²) in [6.07, 6.45) is -0.652. The van der Waals surface area contributed by atoms with E-state index in [0.29, 0.717) is 0 Å². The number of hydrogen-bond donors (Lipinski definition) is 1. The minimum absolute atomic E-state index is 0.155. The summed E-state index contributed by atoms with van der Waals surface area (Å²) in [6.45, 7) is 5.21. The topological polar surface area (TPSA) is 114 Å². The lowest BCUT2D eigenvalue weighted by Crippen LogP contribution is -2.27. The van der Waals surface area contributed by atoms with Crippen LogP contribution < -0.4 is 11.1 Å². The molecule has 0 unspecified atom stereocenters. The summed E-state index contributed by atoms with van der Waals surface area (Å²) in [5, 5.41) is 7.58. The molecule has 1 rings (SSSR count). The van der Waals surface area contributed by atoms with Crippen LogP contribution in [0.3, 0.4) is 0 Å². The van der Waals surface area contributed by atoms with Crippen molar-refractivity contribution in [1.82, 2.24) is 10.7 Å². The molecule has 20 heavy (non-hydrogen) atoms. The number of anilines is 1. The lowest BCUT2D eigenvalue weighted by atomic mass is 10.2. The Morgan fingerprint density at radius 1 is 1.45 bits per heavy atom. The molecule has 1 heterocycles. The molecule has 0 atom stereocenters. The first kappa shape index (κ1) is 15.9. The first-order valence-corrected chi connectivity index (χ1v) is 6.44. The highest BCUT2D eigenvalue weighted by Crippen LogP contribution is 2.18. The van der Waals surface area contributed by atoms with Crippen molar-refractivity contribution in [1.29, 1.82) is 0 Å². The zero-order chi connectivity index (χ0) is 15.3.